The molecule has 0 saturated heterocycles. The molecule has 2 aromatic carbocycles. The maximum Gasteiger partial charge on any atom is 0.261 e. The topological polar surface area (TPSA) is 98.9 Å². The van der Waals surface area contributed by atoms with Crippen molar-refractivity contribution in [3.8, 4) is 11.5 Å². The molecule has 3 heterocycles. The number of carbonyl (C=O) groups is 2. The van der Waals surface area contributed by atoms with E-state index < -0.39 is 0 Å². The minimum atomic E-state index is -0.261. The van der Waals surface area contributed by atoms with Gasteiger partial charge in [0.15, 0.2) is 17.3 Å². The van der Waals surface area contributed by atoms with Crippen LogP contribution in [0.1, 0.15) is 37.1 Å². The molecule has 1 aliphatic rings. The van der Waals surface area contributed by atoms with Crippen molar-refractivity contribution in [3.05, 3.63) is 70.0 Å². The van der Waals surface area contributed by atoms with Gasteiger partial charge in [0.2, 0.25) is 4.96 Å². The summed E-state index contributed by atoms with van der Waals surface area (Å²) in [6.45, 7) is 0.265. The third kappa shape index (κ3) is 3.38. The van der Waals surface area contributed by atoms with Crippen molar-refractivity contribution in [2.45, 2.75) is 12.8 Å². The number of ether oxygens (including phenoxy) is 2. The van der Waals surface area contributed by atoms with Crippen LogP contribution in [0.3, 0.4) is 0 Å². The predicted molar refractivity (Wildman–Crippen MR) is 117 cm³/mol. The number of rotatable bonds is 7. The molecule has 2 amide bonds. The molecule has 0 aliphatic carbocycles. The Morgan fingerprint density at radius 1 is 0.938 bits per heavy atom. The highest BCUT2D eigenvalue weighted by molar-refractivity contribution is 7.16. The van der Waals surface area contributed by atoms with Crippen LogP contribution in [0.15, 0.2) is 42.5 Å². The van der Waals surface area contributed by atoms with Gasteiger partial charge < -0.3 is 9.47 Å². The molecular weight excluding hydrogens is 430 g/mol. The molecule has 9 nitrogen and oxygen atoms in total. The summed E-state index contributed by atoms with van der Waals surface area (Å²) in [5.74, 6) is 1.47. The second kappa shape index (κ2) is 8.04. The minimum Gasteiger partial charge on any atom is -0.493 e. The quantitative estimate of drug-likeness (QED) is 0.400. The molecule has 0 atom stereocenters. The van der Waals surface area contributed by atoms with Crippen molar-refractivity contribution in [3.63, 3.8) is 0 Å². The van der Waals surface area contributed by atoms with Crippen molar-refractivity contribution in [2.75, 3.05) is 20.8 Å². The summed E-state index contributed by atoms with van der Waals surface area (Å²) in [6.07, 6.45) is 0.971. The number of hydrogen-bond acceptors (Lipinski definition) is 8. The Bertz CT molecular complexity index is 1310. The van der Waals surface area contributed by atoms with Crippen molar-refractivity contribution < 1.29 is 19.1 Å². The van der Waals surface area contributed by atoms with Crippen LogP contribution in [-0.2, 0) is 12.8 Å². The zero-order valence-corrected chi connectivity index (χ0v) is 18.3. The molecule has 0 bridgehead atoms. The molecule has 1 aliphatic heterocycles. The SMILES string of the molecule is COc1ccc(Cc2nnc3sc(CCN4C(=O)c5ccccc5C4=O)nn23)cc1OC. The number of methoxy groups -OCH3 is 2. The van der Waals surface area contributed by atoms with Crippen molar-refractivity contribution in [1.82, 2.24) is 24.7 Å². The average molecular weight is 449 g/mol. The van der Waals surface area contributed by atoms with E-state index in [2.05, 4.69) is 15.3 Å². The van der Waals surface area contributed by atoms with Gasteiger partial charge in [0.1, 0.15) is 5.01 Å². The molecule has 0 radical (unpaired) electrons. The Kier molecular flexibility index (Phi) is 5.06. The summed E-state index contributed by atoms with van der Waals surface area (Å²) in [4.78, 5) is 27.0. The average Bonchev–Trinajstić information content (AvgIpc) is 3.46. The summed E-state index contributed by atoms with van der Waals surface area (Å²) in [6, 6.07) is 12.6. The number of carbonyl (C=O) groups excluding carboxylic acids is 2. The Balaban J connectivity index is 1.32. The molecule has 10 heteroatoms. The molecule has 0 saturated carbocycles. The van der Waals surface area contributed by atoms with E-state index in [0.717, 1.165) is 10.6 Å². The molecule has 4 aromatic rings. The van der Waals surface area contributed by atoms with E-state index in [0.29, 0.717) is 46.3 Å². The lowest BCUT2D eigenvalue weighted by molar-refractivity contribution is 0.0656. The number of benzene rings is 2. The van der Waals surface area contributed by atoms with E-state index in [1.54, 1.807) is 43.0 Å². The summed E-state index contributed by atoms with van der Waals surface area (Å²) in [7, 11) is 3.19. The van der Waals surface area contributed by atoms with Gasteiger partial charge >= 0.3 is 0 Å². The Morgan fingerprint density at radius 3 is 2.34 bits per heavy atom. The van der Waals surface area contributed by atoms with Crippen molar-refractivity contribution >= 4 is 28.1 Å². The first-order valence-corrected chi connectivity index (χ1v) is 10.8. The summed E-state index contributed by atoms with van der Waals surface area (Å²) in [5, 5.41) is 13.9. The lowest BCUT2D eigenvalue weighted by atomic mass is 10.1. The van der Waals surface area contributed by atoms with Gasteiger partial charge in [0, 0.05) is 19.4 Å². The predicted octanol–water partition coefficient (Wildman–Crippen LogP) is 2.63. The Labute approximate surface area is 187 Å². The molecule has 2 aromatic heterocycles. The van der Waals surface area contributed by atoms with E-state index in [1.165, 1.54) is 16.2 Å². The van der Waals surface area contributed by atoms with Crippen LogP contribution in [0.25, 0.3) is 4.96 Å². The van der Waals surface area contributed by atoms with Crippen LogP contribution in [0.2, 0.25) is 0 Å². The van der Waals surface area contributed by atoms with Crippen LogP contribution in [0.4, 0.5) is 0 Å². The van der Waals surface area contributed by atoms with Crippen LogP contribution in [0, 0.1) is 0 Å². The van der Waals surface area contributed by atoms with Gasteiger partial charge in [0.05, 0.1) is 25.3 Å². The van der Waals surface area contributed by atoms with E-state index in [9.17, 15) is 9.59 Å². The molecule has 0 N–H and O–H groups in total. The summed E-state index contributed by atoms with van der Waals surface area (Å²) < 4.78 is 12.4. The van der Waals surface area contributed by atoms with Gasteiger partial charge in [-0.25, -0.2) is 0 Å². The summed E-state index contributed by atoms with van der Waals surface area (Å²) >= 11 is 1.40. The van der Waals surface area contributed by atoms with Crippen molar-refractivity contribution in [2.24, 2.45) is 0 Å². The Morgan fingerprint density at radius 2 is 1.66 bits per heavy atom. The highest BCUT2D eigenvalue weighted by atomic mass is 32.1. The molecule has 0 unspecified atom stereocenters. The number of hydrogen-bond donors (Lipinski definition) is 0. The number of amides is 2. The van der Waals surface area contributed by atoms with Crippen LogP contribution in [-0.4, -0.2) is 57.3 Å². The largest absolute Gasteiger partial charge is 0.493 e. The molecular formula is C22H19N5O4S. The number of nitrogens with zero attached hydrogens (tertiary/aromatic N) is 5. The zero-order chi connectivity index (χ0) is 22.2. The first kappa shape index (κ1) is 20.1. The number of imide groups is 1. The maximum atomic E-state index is 12.5. The number of aromatic nitrogens is 4. The first-order valence-electron chi connectivity index (χ1n) is 9.95. The molecule has 5 rings (SSSR count). The third-order valence-corrected chi connectivity index (χ3v) is 6.29. The van der Waals surface area contributed by atoms with Gasteiger partial charge in [-0.2, -0.15) is 9.61 Å². The minimum absolute atomic E-state index is 0.261. The lowest BCUT2D eigenvalue weighted by Crippen LogP contribution is -2.31. The lowest BCUT2D eigenvalue weighted by Gasteiger charge is -2.12. The zero-order valence-electron chi connectivity index (χ0n) is 17.4. The van der Waals surface area contributed by atoms with Gasteiger partial charge in [-0.1, -0.05) is 29.5 Å². The monoisotopic (exact) mass is 449 g/mol. The van der Waals surface area contributed by atoms with Gasteiger partial charge in [0.25, 0.3) is 11.8 Å². The van der Waals surface area contributed by atoms with Gasteiger partial charge in [-0.15, -0.1) is 10.2 Å². The maximum absolute atomic E-state index is 12.5. The fourth-order valence-corrected chi connectivity index (χ4v) is 4.57. The Hall–Kier alpha value is -3.79. The molecule has 0 fully saturated rings. The smallest absolute Gasteiger partial charge is 0.261 e. The molecule has 32 heavy (non-hydrogen) atoms. The number of fused-ring (bicyclic) bond motifs is 2. The van der Waals surface area contributed by atoms with E-state index in [4.69, 9.17) is 9.47 Å². The first-order chi connectivity index (χ1) is 15.6. The fourth-order valence-electron chi connectivity index (χ4n) is 3.73. The van der Waals surface area contributed by atoms with Crippen LogP contribution in [0.5, 0.6) is 11.5 Å². The van der Waals surface area contributed by atoms with Crippen molar-refractivity contribution in [1.29, 1.82) is 0 Å². The summed E-state index contributed by atoms with van der Waals surface area (Å²) in [5.41, 5.74) is 1.89. The van der Waals surface area contributed by atoms with Gasteiger partial charge in [-0.05, 0) is 29.8 Å². The second-order valence-electron chi connectivity index (χ2n) is 7.23. The van der Waals surface area contributed by atoms with E-state index in [-0.39, 0.29) is 18.4 Å². The third-order valence-electron chi connectivity index (χ3n) is 5.33. The van der Waals surface area contributed by atoms with E-state index >= 15 is 0 Å². The standard InChI is InChI=1S/C22H19N5O4S/c1-30-16-8-7-13(11-17(16)31-2)12-18-23-24-22-27(18)25-19(32-22)9-10-26-20(28)14-5-3-4-6-15(14)21(26)29/h3-8,11H,9-10,12H2,1-2H3. The second-order valence-corrected chi connectivity index (χ2v) is 8.27. The fraction of sp³-hybridized carbons (Fsp3) is 0.227. The highest BCUT2D eigenvalue weighted by Crippen LogP contribution is 2.29. The molecule has 162 valence electrons. The van der Waals surface area contributed by atoms with Crippen LogP contribution < -0.4 is 9.47 Å². The highest BCUT2D eigenvalue weighted by Gasteiger charge is 2.34. The van der Waals surface area contributed by atoms with Gasteiger partial charge in [-0.3, -0.25) is 14.5 Å². The van der Waals surface area contributed by atoms with E-state index in [1.807, 2.05) is 18.2 Å². The molecule has 0 spiro atoms. The normalized spacial score (nSPS) is 13.1. The van der Waals surface area contributed by atoms with Crippen LogP contribution >= 0.6 is 11.3 Å².